The van der Waals surface area contributed by atoms with E-state index in [0.29, 0.717) is 11.3 Å². The Morgan fingerprint density at radius 3 is 1.24 bits per heavy atom. The lowest BCUT2D eigenvalue weighted by Crippen LogP contribution is -2.12. The fourth-order valence-corrected chi connectivity index (χ4v) is 9.28. The molecule has 6 nitrogen and oxygen atoms in total. The van der Waals surface area contributed by atoms with Gasteiger partial charge in [0.25, 0.3) is 0 Å². The summed E-state index contributed by atoms with van der Waals surface area (Å²) >= 11 is 0. The van der Waals surface area contributed by atoms with Crippen molar-refractivity contribution >= 4 is 116 Å². The van der Waals surface area contributed by atoms with E-state index in [1.165, 1.54) is 0 Å². The average Bonchev–Trinajstić information content (AvgIpc) is 3.92. The minimum atomic E-state index is 0.572. The number of nitriles is 1. The Morgan fingerprint density at radius 2 is 0.790 bits per heavy atom. The van der Waals surface area contributed by atoms with Crippen molar-refractivity contribution in [2.24, 2.45) is 0 Å². The highest BCUT2D eigenvalue weighted by Crippen LogP contribution is 2.50. The third-order valence-electron chi connectivity index (χ3n) is 12.1. The lowest BCUT2D eigenvalue weighted by Gasteiger charge is -2.29. The molecule has 0 N–H and O–H groups in total. The number of benzene rings is 10. The summed E-state index contributed by atoms with van der Waals surface area (Å²) in [5.41, 5.74) is 9.91. The highest BCUT2D eigenvalue weighted by atomic mass is 16.3. The van der Waals surface area contributed by atoms with Crippen LogP contribution in [-0.4, -0.2) is 0 Å². The fourth-order valence-electron chi connectivity index (χ4n) is 9.28. The van der Waals surface area contributed by atoms with Crippen LogP contribution in [0.1, 0.15) is 5.56 Å². The van der Waals surface area contributed by atoms with E-state index < -0.39 is 0 Å². The summed E-state index contributed by atoms with van der Waals surface area (Å²) in [4.78, 5) is 8.25. The molecule has 12 aromatic rings. The molecule has 0 aliphatic heterocycles. The smallest absolute Gasteiger partial charge is 0.187 e. The Morgan fingerprint density at radius 1 is 0.387 bits per heavy atom. The third-order valence-corrected chi connectivity index (χ3v) is 12.1. The van der Waals surface area contributed by atoms with Crippen LogP contribution in [0.25, 0.3) is 81.0 Å². The van der Waals surface area contributed by atoms with E-state index in [-0.39, 0.29) is 0 Å². The zero-order valence-corrected chi connectivity index (χ0v) is 33.1. The Kier molecular flexibility index (Phi) is 7.87. The largest absolute Gasteiger partial charge is 0.454 e. The van der Waals surface area contributed by atoms with Crippen molar-refractivity contribution in [2.75, 3.05) is 9.80 Å². The number of nitrogens with zero attached hydrogens (tertiary/aromatic N) is 4. The highest BCUT2D eigenvalue weighted by Gasteiger charge is 2.26. The van der Waals surface area contributed by atoms with E-state index in [0.717, 1.165) is 110 Å². The standard InChI is InChI=1S/C56H32N4O2/c1-58-36-26-30-38(31-27-36)60(50-21-11-19-46-44-17-7-9-23-54(44)62-56(46)50)52-33-48-39-12-2-4-14-41(39)51(32-47(48)40-13-3-5-15-42(40)52)59(37-28-24-35(34-57)25-29-37)49-20-10-18-45-43-16-6-8-22-53(43)61-55(45)49/h2-33H. The van der Waals surface area contributed by atoms with Crippen LogP contribution in [0.15, 0.2) is 203 Å². The number of fused-ring (bicyclic) bond motifs is 11. The SMILES string of the molecule is [C-]#[N+]c1ccc(N(c2cc3c4ccccc4c(N(c4ccc(C#N)cc4)c4cccc5c4oc4ccccc45)cc3c3ccccc23)c2cccc3c2oc2ccccc23)cc1. The number of para-hydroxylation sites is 4. The second-order valence-electron chi connectivity index (χ2n) is 15.4. The molecule has 0 fully saturated rings. The summed E-state index contributed by atoms with van der Waals surface area (Å²) in [6.45, 7) is 7.71. The molecule has 12 rings (SSSR count). The maximum absolute atomic E-state index is 9.80. The van der Waals surface area contributed by atoms with Crippen LogP contribution in [0.4, 0.5) is 39.8 Å². The molecule has 0 amide bonds. The fraction of sp³-hybridized carbons (Fsp3) is 0. The van der Waals surface area contributed by atoms with Gasteiger partial charge in [0.05, 0.1) is 41.0 Å². The van der Waals surface area contributed by atoms with Gasteiger partial charge in [-0.15, -0.1) is 0 Å². The van der Waals surface area contributed by atoms with Gasteiger partial charge in [-0.2, -0.15) is 5.26 Å². The molecule has 2 heterocycles. The molecule has 0 aliphatic rings. The summed E-state index contributed by atoms with van der Waals surface area (Å²) in [6, 6.07) is 68.5. The lowest BCUT2D eigenvalue weighted by atomic mass is 9.93. The van der Waals surface area contributed by atoms with Crippen LogP contribution in [0.2, 0.25) is 0 Å². The topological polar surface area (TPSA) is 60.9 Å². The maximum atomic E-state index is 9.80. The van der Waals surface area contributed by atoms with Crippen molar-refractivity contribution in [1.29, 1.82) is 5.26 Å². The summed E-state index contributed by atoms with van der Waals surface area (Å²) in [5, 5.41) is 20.4. The molecule has 6 heteroatoms. The monoisotopic (exact) mass is 792 g/mol. The summed E-state index contributed by atoms with van der Waals surface area (Å²) in [6.07, 6.45) is 0. The average molecular weight is 793 g/mol. The molecule has 0 bridgehead atoms. The van der Waals surface area contributed by atoms with Crippen molar-refractivity contribution in [3.05, 3.63) is 211 Å². The van der Waals surface area contributed by atoms with E-state index in [1.807, 2.05) is 84.9 Å². The van der Waals surface area contributed by atoms with Gasteiger partial charge in [-0.1, -0.05) is 121 Å². The Balaban J connectivity index is 1.17. The normalized spacial score (nSPS) is 11.5. The Labute approximate surface area is 355 Å². The van der Waals surface area contributed by atoms with Crippen molar-refractivity contribution in [3.8, 4) is 6.07 Å². The quantitative estimate of drug-likeness (QED) is 0.124. The molecule has 0 saturated heterocycles. The van der Waals surface area contributed by atoms with Gasteiger partial charge in [0.1, 0.15) is 11.2 Å². The van der Waals surface area contributed by atoms with Crippen LogP contribution in [0.5, 0.6) is 0 Å². The van der Waals surface area contributed by atoms with Crippen LogP contribution in [0, 0.1) is 17.9 Å². The summed E-state index contributed by atoms with van der Waals surface area (Å²) < 4.78 is 13.4. The number of rotatable bonds is 6. The molecule has 0 aliphatic carbocycles. The molecule has 62 heavy (non-hydrogen) atoms. The third kappa shape index (κ3) is 5.35. The predicted octanol–water partition coefficient (Wildman–Crippen LogP) is 16.3. The molecule has 0 radical (unpaired) electrons. The van der Waals surface area contributed by atoms with Gasteiger partial charge in [0.2, 0.25) is 0 Å². The van der Waals surface area contributed by atoms with E-state index in [1.54, 1.807) is 0 Å². The van der Waals surface area contributed by atoms with Gasteiger partial charge in [-0.25, -0.2) is 4.85 Å². The first kappa shape index (κ1) is 35.1. The van der Waals surface area contributed by atoms with Crippen molar-refractivity contribution in [3.63, 3.8) is 0 Å². The molecule has 10 aromatic carbocycles. The number of hydrogen-bond donors (Lipinski definition) is 0. The first-order valence-electron chi connectivity index (χ1n) is 20.4. The molecule has 0 spiro atoms. The lowest BCUT2D eigenvalue weighted by molar-refractivity contribution is 0.669. The first-order chi connectivity index (χ1) is 30.7. The molecule has 0 atom stereocenters. The molecule has 288 valence electrons. The number of furan rings is 2. The first-order valence-corrected chi connectivity index (χ1v) is 20.4. The minimum Gasteiger partial charge on any atom is -0.454 e. The van der Waals surface area contributed by atoms with Gasteiger partial charge in [-0.05, 0) is 94.3 Å². The minimum absolute atomic E-state index is 0.572. The van der Waals surface area contributed by atoms with Crippen LogP contribution in [0.3, 0.4) is 0 Å². The van der Waals surface area contributed by atoms with Gasteiger partial charge >= 0.3 is 0 Å². The van der Waals surface area contributed by atoms with Gasteiger partial charge in [0.15, 0.2) is 16.9 Å². The van der Waals surface area contributed by atoms with Crippen LogP contribution < -0.4 is 9.80 Å². The second kappa shape index (κ2) is 13.9. The van der Waals surface area contributed by atoms with Crippen molar-refractivity contribution in [1.82, 2.24) is 0 Å². The van der Waals surface area contributed by atoms with E-state index in [4.69, 9.17) is 15.4 Å². The zero-order valence-electron chi connectivity index (χ0n) is 33.1. The zero-order chi connectivity index (χ0) is 41.3. The van der Waals surface area contributed by atoms with Gasteiger partial charge in [0, 0.05) is 43.7 Å². The molecule has 0 saturated carbocycles. The van der Waals surface area contributed by atoms with E-state index >= 15 is 0 Å². The summed E-state index contributed by atoms with van der Waals surface area (Å²) in [5.74, 6) is 0. The maximum Gasteiger partial charge on any atom is 0.187 e. The number of hydrogen-bond acceptors (Lipinski definition) is 5. The Bertz CT molecular complexity index is 3590. The second-order valence-corrected chi connectivity index (χ2v) is 15.4. The summed E-state index contributed by atoms with van der Waals surface area (Å²) in [7, 11) is 0. The molecular weight excluding hydrogens is 761 g/mol. The number of anilines is 6. The van der Waals surface area contributed by atoms with Gasteiger partial charge < -0.3 is 18.6 Å². The highest BCUT2D eigenvalue weighted by molar-refractivity contribution is 6.25. The molecule has 2 aromatic heterocycles. The van der Waals surface area contributed by atoms with Crippen LogP contribution in [-0.2, 0) is 0 Å². The van der Waals surface area contributed by atoms with Gasteiger partial charge in [-0.3, -0.25) is 0 Å². The molecular formula is C56H32N4O2. The predicted molar refractivity (Wildman–Crippen MR) is 254 cm³/mol. The van der Waals surface area contributed by atoms with Crippen LogP contribution >= 0.6 is 0 Å². The van der Waals surface area contributed by atoms with E-state index in [2.05, 4.69) is 130 Å². The molecule has 0 unspecified atom stereocenters. The van der Waals surface area contributed by atoms with Crippen molar-refractivity contribution < 1.29 is 8.83 Å². The Hall–Kier alpha value is -8.84. The van der Waals surface area contributed by atoms with E-state index in [9.17, 15) is 5.26 Å². The van der Waals surface area contributed by atoms with Crippen molar-refractivity contribution in [2.45, 2.75) is 0 Å².